The van der Waals surface area contributed by atoms with Crippen LogP contribution in [0.15, 0.2) is 5.16 Å². The topological polar surface area (TPSA) is 59.8 Å². The Morgan fingerprint density at radius 3 is 2.80 bits per heavy atom. The zero-order valence-electron chi connectivity index (χ0n) is 12.7. The number of hydrogen-bond acceptors (Lipinski definition) is 4. The molecule has 0 saturated heterocycles. The Morgan fingerprint density at radius 1 is 1.40 bits per heavy atom. The molecular weight excluding hydrogens is 272 g/mol. The van der Waals surface area contributed by atoms with Crippen LogP contribution in [0.25, 0.3) is 0 Å². The number of amides is 1. The minimum absolute atomic E-state index is 0.0987. The molecule has 1 saturated carbocycles. The van der Waals surface area contributed by atoms with E-state index in [1.165, 1.54) is 24.6 Å². The minimum atomic E-state index is 0.0987. The molecule has 3 atom stereocenters. The average molecular weight is 296 g/mol. The predicted molar refractivity (Wildman–Crippen MR) is 80.6 cm³/mol. The van der Waals surface area contributed by atoms with Gasteiger partial charge in [0.15, 0.2) is 5.16 Å². The number of carbonyl (C=O) groups is 1. The van der Waals surface area contributed by atoms with Crippen molar-refractivity contribution in [3.63, 3.8) is 0 Å². The van der Waals surface area contributed by atoms with Crippen molar-refractivity contribution in [3.8, 4) is 0 Å². The van der Waals surface area contributed by atoms with Gasteiger partial charge in [0.2, 0.25) is 5.91 Å². The Hall–Kier alpha value is -1.04. The molecule has 20 heavy (non-hydrogen) atoms. The van der Waals surface area contributed by atoms with E-state index in [1.807, 2.05) is 18.5 Å². The second kappa shape index (κ2) is 6.61. The number of aryl methyl sites for hydroxylation is 1. The number of hydrogen-bond donors (Lipinski definition) is 1. The quantitative estimate of drug-likeness (QED) is 0.865. The second-order valence-corrected chi connectivity index (χ2v) is 6.76. The van der Waals surface area contributed by atoms with E-state index in [0.29, 0.717) is 23.6 Å². The predicted octanol–water partition coefficient (Wildman–Crippen LogP) is 2.16. The number of rotatable bonds is 4. The SMILES string of the molecule is Cc1nnc(SCC(=O)N[C@H]2CCC[C@H](C)[C@@H]2C)n1C. The highest BCUT2D eigenvalue weighted by atomic mass is 32.2. The molecule has 1 aliphatic carbocycles. The number of thioether (sulfide) groups is 1. The Bertz CT molecular complexity index is 474. The third-order valence-electron chi connectivity index (χ3n) is 4.44. The van der Waals surface area contributed by atoms with Gasteiger partial charge in [-0.25, -0.2) is 0 Å². The van der Waals surface area contributed by atoms with Crippen molar-refractivity contribution < 1.29 is 4.79 Å². The van der Waals surface area contributed by atoms with Crippen molar-refractivity contribution in [2.75, 3.05) is 5.75 Å². The number of nitrogens with zero attached hydrogens (tertiary/aromatic N) is 3. The first-order valence-corrected chi connectivity index (χ1v) is 8.25. The fraction of sp³-hybridized carbons (Fsp3) is 0.786. The average Bonchev–Trinajstić information content (AvgIpc) is 2.73. The summed E-state index contributed by atoms with van der Waals surface area (Å²) >= 11 is 1.44. The molecule has 1 fully saturated rings. The summed E-state index contributed by atoms with van der Waals surface area (Å²) in [5.41, 5.74) is 0. The molecule has 0 aliphatic heterocycles. The Morgan fingerprint density at radius 2 is 2.15 bits per heavy atom. The Kier molecular flexibility index (Phi) is 5.07. The van der Waals surface area contributed by atoms with Gasteiger partial charge in [-0.15, -0.1) is 10.2 Å². The lowest BCUT2D eigenvalue weighted by atomic mass is 9.78. The van der Waals surface area contributed by atoms with Crippen LogP contribution < -0.4 is 5.32 Å². The molecule has 2 rings (SSSR count). The zero-order chi connectivity index (χ0) is 14.7. The van der Waals surface area contributed by atoms with Crippen molar-refractivity contribution in [1.82, 2.24) is 20.1 Å². The van der Waals surface area contributed by atoms with Crippen LogP contribution >= 0.6 is 11.8 Å². The standard InChI is InChI=1S/C14H24N4OS/c1-9-6-5-7-12(10(9)2)15-13(19)8-20-14-17-16-11(3)18(14)4/h9-10,12H,5-8H2,1-4H3,(H,15,19)/t9-,10-,12-/m0/s1. The van der Waals surface area contributed by atoms with Gasteiger partial charge in [0.1, 0.15) is 5.82 Å². The number of carbonyl (C=O) groups excluding carboxylic acids is 1. The molecule has 0 bridgehead atoms. The molecule has 1 amide bonds. The van der Waals surface area contributed by atoms with Crippen LogP contribution in [0.4, 0.5) is 0 Å². The lowest BCUT2D eigenvalue weighted by molar-refractivity contribution is -0.120. The molecule has 0 aromatic carbocycles. The van der Waals surface area contributed by atoms with Gasteiger partial charge in [0.05, 0.1) is 5.75 Å². The summed E-state index contributed by atoms with van der Waals surface area (Å²) in [6.45, 7) is 6.43. The van der Waals surface area contributed by atoms with Gasteiger partial charge >= 0.3 is 0 Å². The van der Waals surface area contributed by atoms with E-state index in [0.717, 1.165) is 17.4 Å². The van der Waals surface area contributed by atoms with E-state index in [-0.39, 0.29) is 5.91 Å². The van der Waals surface area contributed by atoms with Crippen molar-refractivity contribution in [2.24, 2.45) is 18.9 Å². The fourth-order valence-electron chi connectivity index (χ4n) is 2.68. The highest BCUT2D eigenvalue weighted by Gasteiger charge is 2.28. The second-order valence-electron chi connectivity index (χ2n) is 5.82. The van der Waals surface area contributed by atoms with E-state index in [1.54, 1.807) is 0 Å². The van der Waals surface area contributed by atoms with Crippen LogP contribution in [0.1, 0.15) is 38.9 Å². The van der Waals surface area contributed by atoms with Gasteiger partial charge in [-0.3, -0.25) is 4.79 Å². The summed E-state index contributed by atoms with van der Waals surface area (Å²) < 4.78 is 1.91. The summed E-state index contributed by atoms with van der Waals surface area (Å²) in [7, 11) is 1.92. The summed E-state index contributed by atoms with van der Waals surface area (Å²) in [4.78, 5) is 12.1. The zero-order valence-corrected chi connectivity index (χ0v) is 13.5. The van der Waals surface area contributed by atoms with Gasteiger partial charge in [-0.1, -0.05) is 38.5 Å². The van der Waals surface area contributed by atoms with Crippen LogP contribution in [-0.2, 0) is 11.8 Å². The van der Waals surface area contributed by atoms with E-state index in [4.69, 9.17) is 0 Å². The molecule has 1 aromatic rings. The van der Waals surface area contributed by atoms with Gasteiger partial charge in [-0.05, 0) is 25.2 Å². The highest BCUT2D eigenvalue weighted by molar-refractivity contribution is 7.99. The molecule has 0 radical (unpaired) electrons. The van der Waals surface area contributed by atoms with Crippen molar-refractivity contribution in [2.45, 2.75) is 51.2 Å². The molecule has 1 heterocycles. The molecule has 0 spiro atoms. The van der Waals surface area contributed by atoms with E-state index in [2.05, 4.69) is 29.4 Å². The van der Waals surface area contributed by atoms with Crippen LogP contribution in [0, 0.1) is 18.8 Å². The monoisotopic (exact) mass is 296 g/mol. The first-order chi connectivity index (χ1) is 9.49. The number of aromatic nitrogens is 3. The molecule has 6 heteroatoms. The van der Waals surface area contributed by atoms with Crippen molar-refractivity contribution in [1.29, 1.82) is 0 Å². The van der Waals surface area contributed by atoms with Crippen molar-refractivity contribution in [3.05, 3.63) is 5.82 Å². The van der Waals surface area contributed by atoms with Gasteiger partial charge in [0, 0.05) is 13.1 Å². The molecule has 0 unspecified atom stereocenters. The third kappa shape index (κ3) is 3.53. The van der Waals surface area contributed by atoms with Gasteiger partial charge in [-0.2, -0.15) is 0 Å². The minimum Gasteiger partial charge on any atom is -0.352 e. The maximum absolute atomic E-state index is 12.1. The summed E-state index contributed by atoms with van der Waals surface area (Å²) in [5, 5.41) is 12.0. The van der Waals surface area contributed by atoms with E-state index < -0.39 is 0 Å². The molecular formula is C14H24N4OS. The van der Waals surface area contributed by atoms with Crippen LogP contribution in [0.5, 0.6) is 0 Å². The summed E-state index contributed by atoms with van der Waals surface area (Å²) in [5.74, 6) is 2.63. The third-order valence-corrected chi connectivity index (χ3v) is 5.46. The van der Waals surface area contributed by atoms with Gasteiger partial charge < -0.3 is 9.88 Å². The lowest BCUT2D eigenvalue weighted by Gasteiger charge is -2.34. The lowest BCUT2D eigenvalue weighted by Crippen LogP contribution is -2.44. The molecule has 5 nitrogen and oxygen atoms in total. The Balaban J connectivity index is 1.82. The molecule has 1 aromatic heterocycles. The van der Waals surface area contributed by atoms with Crippen LogP contribution in [0.2, 0.25) is 0 Å². The molecule has 1 aliphatic rings. The maximum atomic E-state index is 12.1. The smallest absolute Gasteiger partial charge is 0.230 e. The first-order valence-electron chi connectivity index (χ1n) is 7.27. The maximum Gasteiger partial charge on any atom is 0.230 e. The van der Waals surface area contributed by atoms with Gasteiger partial charge in [0.25, 0.3) is 0 Å². The molecule has 1 N–H and O–H groups in total. The normalized spacial score (nSPS) is 26.5. The first kappa shape index (κ1) is 15.4. The number of nitrogens with one attached hydrogen (secondary N) is 1. The van der Waals surface area contributed by atoms with Crippen LogP contribution in [-0.4, -0.2) is 32.5 Å². The highest BCUT2D eigenvalue weighted by Crippen LogP contribution is 2.29. The summed E-state index contributed by atoms with van der Waals surface area (Å²) in [6, 6.07) is 0.327. The van der Waals surface area contributed by atoms with Crippen LogP contribution in [0.3, 0.4) is 0 Å². The summed E-state index contributed by atoms with van der Waals surface area (Å²) in [6.07, 6.45) is 3.59. The van der Waals surface area contributed by atoms with E-state index in [9.17, 15) is 4.79 Å². The van der Waals surface area contributed by atoms with E-state index >= 15 is 0 Å². The molecule has 112 valence electrons. The Labute approximate surface area is 124 Å². The largest absolute Gasteiger partial charge is 0.352 e. The van der Waals surface area contributed by atoms with Crippen molar-refractivity contribution >= 4 is 17.7 Å². The fourth-order valence-corrected chi connectivity index (χ4v) is 3.45.